The summed E-state index contributed by atoms with van der Waals surface area (Å²) in [6.45, 7) is 4.26. The molecule has 6 heteroatoms. The molecule has 110 valence electrons. The number of anilines is 1. The minimum atomic E-state index is -0.130. The molecule has 0 saturated carbocycles. The molecule has 0 unspecified atom stereocenters. The highest BCUT2D eigenvalue weighted by atomic mass is 35.5. The number of amides is 1. The van der Waals surface area contributed by atoms with Crippen LogP contribution < -0.4 is 5.73 Å². The normalized spacial score (nSPS) is 10.8. The molecule has 4 nitrogen and oxygen atoms in total. The molecule has 0 saturated heterocycles. The number of carbonyl (C=O) groups excluding carboxylic acids is 1. The van der Waals surface area contributed by atoms with Crippen molar-refractivity contribution in [3.8, 4) is 6.07 Å². The number of hydrogen-bond acceptors (Lipinski definition) is 4. The molecule has 0 radical (unpaired) electrons. The smallest absolute Gasteiger partial charge is 0.266 e. The van der Waals surface area contributed by atoms with Gasteiger partial charge in [-0.15, -0.1) is 11.3 Å². The molecule has 0 fully saturated rings. The summed E-state index contributed by atoms with van der Waals surface area (Å²) in [6, 6.07) is 7.50. The van der Waals surface area contributed by atoms with Crippen molar-refractivity contribution in [1.82, 2.24) is 4.90 Å². The number of fused-ring (bicyclic) bond motifs is 1. The van der Waals surface area contributed by atoms with E-state index < -0.39 is 0 Å². The number of nitrogens with two attached hydrogens (primary N) is 1. The molecule has 0 atom stereocenters. The van der Waals surface area contributed by atoms with E-state index in [-0.39, 0.29) is 11.9 Å². The van der Waals surface area contributed by atoms with Crippen molar-refractivity contribution in [3.05, 3.63) is 28.1 Å². The number of nitrogen functional groups attached to an aromatic ring is 1. The Labute approximate surface area is 132 Å². The number of halogens is 1. The lowest BCUT2D eigenvalue weighted by molar-refractivity contribution is 0.0716. The average Bonchev–Trinajstić information content (AvgIpc) is 2.76. The zero-order valence-electron chi connectivity index (χ0n) is 11.9. The van der Waals surface area contributed by atoms with E-state index in [1.54, 1.807) is 17.0 Å². The third-order valence-electron chi connectivity index (χ3n) is 3.23. The van der Waals surface area contributed by atoms with Crippen LogP contribution in [0.25, 0.3) is 10.1 Å². The highest BCUT2D eigenvalue weighted by molar-refractivity contribution is 7.21. The second-order valence-corrected chi connectivity index (χ2v) is 6.47. The van der Waals surface area contributed by atoms with Gasteiger partial charge in [0.25, 0.3) is 5.91 Å². The van der Waals surface area contributed by atoms with E-state index in [9.17, 15) is 4.79 Å². The van der Waals surface area contributed by atoms with Gasteiger partial charge in [0.2, 0.25) is 0 Å². The summed E-state index contributed by atoms with van der Waals surface area (Å²) < 4.78 is 0.934. The monoisotopic (exact) mass is 321 g/mol. The van der Waals surface area contributed by atoms with Gasteiger partial charge in [-0.3, -0.25) is 4.79 Å². The molecule has 2 rings (SSSR count). The van der Waals surface area contributed by atoms with Crippen molar-refractivity contribution in [3.63, 3.8) is 0 Å². The summed E-state index contributed by atoms with van der Waals surface area (Å²) in [7, 11) is 0. The molecule has 1 aromatic carbocycles. The van der Waals surface area contributed by atoms with Crippen LogP contribution in [0.4, 0.5) is 5.69 Å². The van der Waals surface area contributed by atoms with E-state index in [0.717, 1.165) is 10.1 Å². The second kappa shape index (κ2) is 6.33. The van der Waals surface area contributed by atoms with Gasteiger partial charge in [-0.25, -0.2) is 0 Å². The number of rotatable bonds is 4. The number of benzene rings is 1. The fraction of sp³-hybridized carbons (Fsp3) is 0.333. The lowest BCUT2D eigenvalue weighted by Gasteiger charge is -2.25. The summed E-state index contributed by atoms with van der Waals surface area (Å²) in [5.41, 5.74) is 6.58. The Bertz CT molecular complexity index is 718. The Kier molecular flexibility index (Phi) is 4.71. The molecule has 0 spiro atoms. The van der Waals surface area contributed by atoms with Crippen LogP contribution in [0.1, 0.15) is 29.9 Å². The molecule has 0 aliphatic rings. The predicted molar refractivity (Wildman–Crippen MR) is 87.6 cm³/mol. The molecule has 0 bridgehead atoms. The van der Waals surface area contributed by atoms with Gasteiger partial charge in [-0.05, 0) is 32.0 Å². The van der Waals surface area contributed by atoms with Crippen molar-refractivity contribution >= 4 is 44.6 Å². The minimum absolute atomic E-state index is 0.0130. The largest absolute Gasteiger partial charge is 0.397 e. The summed E-state index contributed by atoms with van der Waals surface area (Å²) in [6.07, 6.45) is 0.306. The zero-order valence-corrected chi connectivity index (χ0v) is 13.5. The highest BCUT2D eigenvalue weighted by Crippen LogP contribution is 2.36. The van der Waals surface area contributed by atoms with Gasteiger partial charge in [-0.1, -0.05) is 11.6 Å². The third-order valence-corrected chi connectivity index (χ3v) is 4.64. The minimum Gasteiger partial charge on any atom is -0.397 e. The van der Waals surface area contributed by atoms with Gasteiger partial charge in [0.1, 0.15) is 4.88 Å². The van der Waals surface area contributed by atoms with E-state index in [1.165, 1.54) is 11.3 Å². The zero-order chi connectivity index (χ0) is 15.6. The number of thiophene rings is 1. The summed E-state index contributed by atoms with van der Waals surface area (Å²) in [5, 5.41) is 10.1. The lowest BCUT2D eigenvalue weighted by atomic mass is 10.2. The van der Waals surface area contributed by atoms with Gasteiger partial charge in [0.15, 0.2) is 0 Å². The quantitative estimate of drug-likeness (QED) is 0.928. The topological polar surface area (TPSA) is 70.1 Å². The van der Waals surface area contributed by atoms with E-state index in [1.807, 2.05) is 19.9 Å². The molecule has 0 aliphatic carbocycles. The van der Waals surface area contributed by atoms with E-state index >= 15 is 0 Å². The third kappa shape index (κ3) is 3.12. The highest BCUT2D eigenvalue weighted by Gasteiger charge is 2.23. The van der Waals surface area contributed by atoms with Gasteiger partial charge in [0.05, 0.1) is 18.2 Å². The first-order valence-corrected chi connectivity index (χ1v) is 7.80. The predicted octanol–water partition coefficient (Wildman–Crippen LogP) is 3.90. The standard InChI is InChI=1S/C15H16ClN3OS/c1-9(2)19(7-3-6-17)15(20)14-13(18)11-8-10(16)4-5-12(11)21-14/h4-5,8-9H,3,7,18H2,1-2H3. The van der Waals surface area contributed by atoms with Crippen LogP contribution in [-0.2, 0) is 0 Å². The van der Waals surface area contributed by atoms with Crippen LogP contribution in [0.5, 0.6) is 0 Å². The van der Waals surface area contributed by atoms with Crippen LogP contribution in [0.15, 0.2) is 18.2 Å². The van der Waals surface area contributed by atoms with E-state index in [4.69, 9.17) is 22.6 Å². The molecule has 0 aliphatic heterocycles. The first kappa shape index (κ1) is 15.6. The molecular formula is C15H16ClN3OS. The Morgan fingerprint density at radius 3 is 2.86 bits per heavy atom. The fourth-order valence-electron chi connectivity index (χ4n) is 2.14. The summed E-state index contributed by atoms with van der Waals surface area (Å²) >= 11 is 7.34. The lowest BCUT2D eigenvalue weighted by Crippen LogP contribution is -2.37. The van der Waals surface area contributed by atoms with Crippen LogP contribution >= 0.6 is 22.9 Å². The summed E-state index contributed by atoms with van der Waals surface area (Å²) in [4.78, 5) is 14.9. The first-order valence-electron chi connectivity index (χ1n) is 6.61. The Hall–Kier alpha value is -1.77. The Morgan fingerprint density at radius 1 is 1.52 bits per heavy atom. The van der Waals surface area contributed by atoms with Gasteiger partial charge < -0.3 is 10.6 Å². The summed E-state index contributed by atoms with van der Waals surface area (Å²) in [5.74, 6) is -0.130. The van der Waals surface area contributed by atoms with E-state index in [0.29, 0.717) is 28.6 Å². The van der Waals surface area contributed by atoms with Crippen molar-refractivity contribution < 1.29 is 4.79 Å². The molecule has 2 N–H and O–H groups in total. The molecule has 21 heavy (non-hydrogen) atoms. The fourth-order valence-corrected chi connectivity index (χ4v) is 3.37. The molecule has 1 heterocycles. The average molecular weight is 322 g/mol. The maximum atomic E-state index is 12.7. The molecular weight excluding hydrogens is 306 g/mol. The van der Waals surface area contributed by atoms with Crippen LogP contribution in [0.2, 0.25) is 5.02 Å². The number of nitriles is 1. The van der Waals surface area contributed by atoms with E-state index in [2.05, 4.69) is 6.07 Å². The maximum Gasteiger partial charge on any atom is 0.266 e. The Morgan fingerprint density at radius 2 is 2.24 bits per heavy atom. The number of nitrogens with zero attached hydrogens (tertiary/aromatic N) is 2. The van der Waals surface area contributed by atoms with Crippen molar-refractivity contribution in [2.75, 3.05) is 12.3 Å². The maximum absolute atomic E-state index is 12.7. The molecule has 2 aromatic rings. The molecule has 1 amide bonds. The van der Waals surface area contributed by atoms with Crippen LogP contribution in [0.3, 0.4) is 0 Å². The second-order valence-electron chi connectivity index (χ2n) is 4.99. The Balaban J connectivity index is 2.42. The van der Waals surface area contributed by atoms with Crippen molar-refractivity contribution in [1.29, 1.82) is 5.26 Å². The first-order chi connectivity index (χ1) is 9.95. The van der Waals surface area contributed by atoms with Crippen LogP contribution in [0, 0.1) is 11.3 Å². The van der Waals surface area contributed by atoms with Gasteiger partial charge in [-0.2, -0.15) is 5.26 Å². The van der Waals surface area contributed by atoms with Crippen LogP contribution in [-0.4, -0.2) is 23.4 Å². The van der Waals surface area contributed by atoms with Crippen molar-refractivity contribution in [2.24, 2.45) is 0 Å². The van der Waals surface area contributed by atoms with Gasteiger partial charge >= 0.3 is 0 Å². The molecule has 1 aromatic heterocycles. The number of carbonyl (C=O) groups is 1. The van der Waals surface area contributed by atoms with Gasteiger partial charge in [0, 0.05) is 27.7 Å². The van der Waals surface area contributed by atoms with Crippen molar-refractivity contribution in [2.45, 2.75) is 26.3 Å². The SMILES string of the molecule is CC(C)N(CCC#N)C(=O)c1sc2ccc(Cl)cc2c1N. The number of hydrogen-bond donors (Lipinski definition) is 1.